The third-order valence-corrected chi connectivity index (χ3v) is 6.64. The third-order valence-electron chi connectivity index (χ3n) is 4.63. The zero-order chi connectivity index (χ0) is 21.0. The van der Waals surface area contributed by atoms with Crippen molar-refractivity contribution >= 4 is 33.2 Å². The first-order valence-corrected chi connectivity index (χ1v) is 10.8. The molecule has 0 aliphatic rings. The van der Waals surface area contributed by atoms with Gasteiger partial charge in [-0.3, -0.25) is 9.10 Å². The molecule has 0 aliphatic carbocycles. The lowest BCUT2D eigenvalue weighted by Gasteiger charge is -2.20. The van der Waals surface area contributed by atoms with E-state index < -0.39 is 10.0 Å². The van der Waals surface area contributed by atoms with Gasteiger partial charge in [-0.05, 0) is 54.4 Å². The minimum Gasteiger partial charge on any atom is -0.348 e. The van der Waals surface area contributed by atoms with E-state index in [1.54, 1.807) is 36.4 Å². The van der Waals surface area contributed by atoms with Gasteiger partial charge in [0.15, 0.2) is 0 Å². The zero-order valence-electron chi connectivity index (χ0n) is 16.1. The largest absolute Gasteiger partial charge is 0.348 e. The molecule has 5 nitrogen and oxygen atoms in total. The molecule has 3 aromatic rings. The van der Waals surface area contributed by atoms with E-state index in [2.05, 4.69) is 5.32 Å². The quantitative estimate of drug-likeness (QED) is 0.632. The number of nitrogens with zero attached hydrogens (tertiary/aromatic N) is 1. The van der Waals surface area contributed by atoms with Crippen LogP contribution in [-0.4, -0.2) is 21.4 Å². The number of anilines is 1. The van der Waals surface area contributed by atoms with E-state index in [9.17, 15) is 13.2 Å². The average molecular weight is 429 g/mol. The van der Waals surface area contributed by atoms with Crippen molar-refractivity contribution in [2.75, 3.05) is 11.4 Å². The van der Waals surface area contributed by atoms with Gasteiger partial charge in [0.25, 0.3) is 15.9 Å². The molecule has 150 valence electrons. The highest BCUT2D eigenvalue weighted by atomic mass is 35.5. The fraction of sp³-hybridized carbons (Fsp3) is 0.136. The van der Waals surface area contributed by atoms with Crippen LogP contribution in [-0.2, 0) is 16.6 Å². The molecule has 0 atom stereocenters. The minimum absolute atomic E-state index is 0.0310. The molecular formula is C22H21ClN2O3S. The Morgan fingerprint density at radius 3 is 2.45 bits per heavy atom. The van der Waals surface area contributed by atoms with E-state index in [4.69, 9.17) is 11.6 Å². The van der Waals surface area contributed by atoms with Crippen LogP contribution in [0.4, 0.5) is 5.69 Å². The summed E-state index contributed by atoms with van der Waals surface area (Å²) in [5.41, 5.74) is 2.80. The fourth-order valence-corrected chi connectivity index (χ4v) is 4.27. The second-order valence-corrected chi connectivity index (χ2v) is 9.00. The molecule has 0 aliphatic heterocycles. The third kappa shape index (κ3) is 4.78. The topological polar surface area (TPSA) is 66.5 Å². The maximum atomic E-state index is 13.0. The highest BCUT2D eigenvalue weighted by Gasteiger charge is 2.22. The Morgan fingerprint density at radius 2 is 1.72 bits per heavy atom. The number of nitrogens with one attached hydrogen (secondary N) is 1. The molecule has 7 heteroatoms. The Bertz CT molecular complexity index is 1150. The first-order chi connectivity index (χ1) is 13.8. The normalized spacial score (nSPS) is 11.1. The van der Waals surface area contributed by atoms with Crippen molar-refractivity contribution in [3.63, 3.8) is 0 Å². The number of aryl methyl sites for hydroxylation is 1. The summed E-state index contributed by atoms with van der Waals surface area (Å²) in [4.78, 5) is 12.6. The van der Waals surface area contributed by atoms with Crippen LogP contribution in [0.2, 0.25) is 5.02 Å². The van der Waals surface area contributed by atoms with Crippen molar-refractivity contribution < 1.29 is 13.2 Å². The minimum atomic E-state index is -3.84. The molecule has 0 aromatic heterocycles. The monoisotopic (exact) mass is 428 g/mol. The van der Waals surface area contributed by atoms with E-state index in [0.29, 0.717) is 17.3 Å². The molecule has 0 fully saturated rings. The van der Waals surface area contributed by atoms with Crippen LogP contribution in [0, 0.1) is 6.92 Å². The summed E-state index contributed by atoms with van der Waals surface area (Å²) in [6.45, 7) is 2.34. The standard InChI is InChI=1S/C22H21ClN2O3S/c1-16-7-3-4-8-18(16)15-24-22(26)17-9-5-12-21(13-17)29(27,28)25(2)20-11-6-10-19(23)14-20/h3-14H,15H2,1-2H3,(H,24,26). The summed E-state index contributed by atoms with van der Waals surface area (Å²) in [7, 11) is -2.39. The highest BCUT2D eigenvalue weighted by Crippen LogP contribution is 2.25. The van der Waals surface area contributed by atoms with Crippen LogP contribution in [0.25, 0.3) is 0 Å². The number of halogens is 1. The van der Waals surface area contributed by atoms with Crippen LogP contribution >= 0.6 is 11.6 Å². The lowest BCUT2D eigenvalue weighted by atomic mass is 10.1. The molecule has 29 heavy (non-hydrogen) atoms. The Labute approximate surface area is 176 Å². The molecule has 0 heterocycles. The number of amides is 1. The smallest absolute Gasteiger partial charge is 0.264 e. The molecule has 1 amide bonds. The first-order valence-electron chi connectivity index (χ1n) is 8.96. The van der Waals surface area contributed by atoms with Crippen molar-refractivity contribution in [1.29, 1.82) is 0 Å². The molecule has 3 aromatic carbocycles. The van der Waals surface area contributed by atoms with Gasteiger partial charge in [0.1, 0.15) is 0 Å². The number of rotatable bonds is 6. The van der Waals surface area contributed by atoms with Crippen molar-refractivity contribution in [3.8, 4) is 0 Å². The second kappa shape index (κ2) is 8.68. The number of hydrogen-bond donors (Lipinski definition) is 1. The Morgan fingerprint density at radius 1 is 1.00 bits per heavy atom. The number of benzene rings is 3. The summed E-state index contributed by atoms with van der Waals surface area (Å²) in [6.07, 6.45) is 0. The van der Waals surface area contributed by atoms with Crippen molar-refractivity contribution in [3.05, 3.63) is 94.5 Å². The van der Waals surface area contributed by atoms with E-state index in [1.807, 2.05) is 31.2 Å². The Hall–Kier alpha value is -2.83. The van der Waals surface area contributed by atoms with Crippen molar-refractivity contribution in [1.82, 2.24) is 5.32 Å². The summed E-state index contributed by atoms with van der Waals surface area (Å²) >= 11 is 5.97. The maximum absolute atomic E-state index is 13.0. The summed E-state index contributed by atoms with van der Waals surface area (Å²) < 4.78 is 27.1. The Kier molecular flexibility index (Phi) is 6.25. The van der Waals surface area contributed by atoms with Gasteiger partial charge < -0.3 is 5.32 Å². The number of carbonyl (C=O) groups is 1. The zero-order valence-corrected chi connectivity index (χ0v) is 17.7. The van der Waals surface area contributed by atoms with Crippen LogP contribution in [0.15, 0.2) is 77.7 Å². The predicted molar refractivity (Wildman–Crippen MR) is 116 cm³/mol. The summed E-state index contributed by atoms with van der Waals surface area (Å²) in [5, 5.41) is 3.28. The van der Waals surface area contributed by atoms with Gasteiger partial charge in [0, 0.05) is 24.2 Å². The van der Waals surface area contributed by atoms with E-state index in [0.717, 1.165) is 15.4 Å². The molecule has 0 saturated heterocycles. The van der Waals surface area contributed by atoms with E-state index in [1.165, 1.54) is 19.2 Å². The molecule has 1 N–H and O–H groups in total. The highest BCUT2D eigenvalue weighted by molar-refractivity contribution is 7.92. The Balaban J connectivity index is 1.81. The van der Waals surface area contributed by atoms with Gasteiger partial charge in [-0.2, -0.15) is 0 Å². The molecule has 0 saturated carbocycles. The van der Waals surface area contributed by atoms with Gasteiger partial charge in [-0.1, -0.05) is 48.0 Å². The van der Waals surface area contributed by atoms with Crippen LogP contribution in [0.1, 0.15) is 21.5 Å². The van der Waals surface area contributed by atoms with Gasteiger partial charge >= 0.3 is 0 Å². The van der Waals surface area contributed by atoms with E-state index in [-0.39, 0.29) is 16.4 Å². The van der Waals surface area contributed by atoms with Crippen LogP contribution in [0.3, 0.4) is 0 Å². The van der Waals surface area contributed by atoms with Crippen LogP contribution in [0.5, 0.6) is 0 Å². The number of sulfonamides is 1. The van der Waals surface area contributed by atoms with Gasteiger partial charge in [-0.15, -0.1) is 0 Å². The second-order valence-electron chi connectivity index (χ2n) is 6.59. The summed E-state index contributed by atoms with van der Waals surface area (Å²) in [5.74, 6) is -0.337. The lowest BCUT2D eigenvalue weighted by molar-refractivity contribution is 0.0950. The molecule has 0 spiro atoms. The maximum Gasteiger partial charge on any atom is 0.264 e. The average Bonchev–Trinajstić information content (AvgIpc) is 2.72. The molecule has 0 unspecified atom stereocenters. The van der Waals surface area contributed by atoms with Gasteiger partial charge in [0.2, 0.25) is 0 Å². The number of carbonyl (C=O) groups excluding carboxylic acids is 1. The molecule has 0 radical (unpaired) electrons. The summed E-state index contributed by atoms with van der Waals surface area (Å²) in [6, 6.07) is 20.3. The van der Waals surface area contributed by atoms with Crippen molar-refractivity contribution in [2.45, 2.75) is 18.4 Å². The van der Waals surface area contributed by atoms with Crippen LogP contribution < -0.4 is 9.62 Å². The number of hydrogen-bond acceptors (Lipinski definition) is 3. The predicted octanol–water partition coefficient (Wildman–Crippen LogP) is 4.40. The van der Waals surface area contributed by atoms with Gasteiger partial charge in [-0.25, -0.2) is 8.42 Å². The molecular weight excluding hydrogens is 408 g/mol. The molecule has 0 bridgehead atoms. The van der Waals surface area contributed by atoms with Crippen molar-refractivity contribution in [2.24, 2.45) is 0 Å². The molecule has 3 rings (SSSR count). The first kappa shape index (κ1) is 20.9. The fourth-order valence-electron chi connectivity index (χ4n) is 2.85. The lowest BCUT2D eigenvalue weighted by Crippen LogP contribution is -2.27. The SMILES string of the molecule is Cc1ccccc1CNC(=O)c1cccc(S(=O)(=O)N(C)c2cccc(Cl)c2)c1. The van der Waals surface area contributed by atoms with Gasteiger partial charge in [0.05, 0.1) is 10.6 Å². The van der Waals surface area contributed by atoms with E-state index >= 15 is 0 Å².